The standard InChI is InChI=1S/C12H18OSi/c1-4-12(14-13-3)9-11-7-5-10(2)6-8-11/h5-9H,4,14H2,1-3H3. The van der Waals surface area contributed by atoms with E-state index >= 15 is 0 Å². The van der Waals surface area contributed by atoms with Crippen molar-refractivity contribution < 1.29 is 4.43 Å². The lowest BCUT2D eigenvalue weighted by molar-refractivity contribution is 0.446. The van der Waals surface area contributed by atoms with Gasteiger partial charge in [-0.3, -0.25) is 0 Å². The highest BCUT2D eigenvalue weighted by Crippen LogP contribution is 2.10. The van der Waals surface area contributed by atoms with Crippen LogP contribution in [0.25, 0.3) is 6.08 Å². The van der Waals surface area contributed by atoms with Crippen LogP contribution in [0.5, 0.6) is 0 Å². The van der Waals surface area contributed by atoms with Crippen LogP contribution in [-0.2, 0) is 4.43 Å². The number of benzene rings is 1. The summed E-state index contributed by atoms with van der Waals surface area (Å²) in [7, 11) is 1.34. The third-order valence-electron chi connectivity index (χ3n) is 2.23. The molecule has 0 fully saturated rings. The Morgan fingerprint density at radius 2 is 2.00 bits per heavy atom. The van der Waals surface area contributed by atoms with Gasteiger partial charge in [0.1, 0.15) is 0 Å². The molecule has 0 aliphatic heterocycles. The summed E-state index contributed by atoms with van der Waals surface area (Å²) in [5.41, 5.74) is 2.60. The first-order valence-electron chi connectivity index (χ1n) is 5.01. The molecule has 0 aromatic heterocycles. The second kappa shape index (κ2) is 5.78. The molecule has 0 saturated carbocycles. The number of rotatable bonds is 4. The molecular weight excluding hydrogens is 188 g/mol. The van der Waals surface area contributed by atoms with Crippen molar-refractivity contribution >= 4 is 15.8 Å². The summed E-state index contributed by atoms with van der Waals surface area (Å²) in [5, 5.41) is 1.47. The van der Waals surface area contributed by atoms with Gasteiger partial charge < -0.3 is 4.43 Å². The van der Waals surface area contributed by atoms with Crippen molar-refractivity contribution in [2.24, 2.45) is 0 Å². The normalized spacial score (nSPS) is 12.6. The molecule has 2 heteroatoms. The molecule has 1 rings (SSSR count). The van der Waals surface area contributed by atoms with Crippen LogP contribution in [0, 0.1) is 6.92 Å². The quantitative estimate of drug-likeness (QED) is 0.688. The number of hydrogen-bond donors (Lipinski definition) is 0. The minimum Gasteiger partial charge on any atom is -0.422 e. The van der Waals surface area contributed by atoms with E-state index in [4.69, 9.17) is 4.43 Å². The van der Waals surface area contributed by atoms with Gasteiger partial charge in [-0.15, -0.1) is 0 Å². The van der Waals surface area contributed by atoms with Gasteiger partial charge in [-0.1, -0.05) is 48.0 Å². The first-order valence-corrected chi connectivity index (χ1v) is 6.29. The molecule has 0 heterocycles. The summed E-state index contributed by atoms with van der Waals surface area (Å²) >= 11 is 0. The van der Waals surface area contributed by atoms with Gasteiger partial charge in [0, 0.05) is 7.11 Å². The summed E-state index contributed by atoms with van der Waals surface area (Å²) in [6.07, 6.45) is 3.36. The number of aryl methyl sites for hydroxylation is 1. The summed E-state index contributed by atoms with van der Waals surface area (Å²) in [6.45, 7) is 4.30. The lowest BCUT2D eigenvalue weighted by Gasteiger charge is -2.02. The maximum absolute atomic E-state index is 5.26. The van der Waals surface area contributed by atoms with E-state index in [-0.39, 0.29) is 0 Å². The minimum atomic E-state index is -0.457. The van der Waals surface area contributed by atoms with Crippen LogP contribution < -0.4 is 0 Å². The van der Waals surface area contributed by atoms with Crippen LogP contribution in [-0.4, -0.2) is 16.9 Å². The van der Waals surface area contributed by atoms with Crippen LogP contribution in [0.3, 0.4) is 0 Å². The van der Waals surface area contributed by atoms with Crippen molar-refractivity contribution in [2.75, 3.05) is 7.11 Å². The highest BCUT2D eigenvalue weighted by atomic mass is 28.2. The molecule has 0 bridgehead atoms. The molecule has 1 aromatic rings. The van der Waals surface area contributed by atoms with Crippen molar-refractivity contribution in [1.82, 2.24) is 0 Å². The van der Waals surface area contributed by atoms with Gasteiger partial charge in [-0.2, -0.15) is 0 Å². The molecular formula is C12H18OSi. The van der Waals surface area contributed by atoms with E-state index in [2.05, 4.69) is 44.2 Å². The predicted octanol–water partition coefficient (Wildman–Crippen LogP) is 2.48. The Hall–Kier alpha value is -0.863. The van der Waals surface area contributed by atoms with Crippen molar-refractivity contribution in [3.8, 4) is 0 Å². The van der Waals surface area contributed by atoms with E-state index in [1.807, 2.05) is 0 Å². The Bertz CT molecular complexity index is 301. The molecule has 0 aliphatic rings. The van der Waals surface area contributed by atoms with Crippen molar-refractivity contribution in [3.05, 3.63) is 40.6 Å². The molecule has 0 spiro atoms. The minimum absolute atomic E-state index is 0.457. The van der Waals surface area contributed by atoms with Gasteiger partial charge in [-0.25, -0.2) is 0 Å². The Kier molecular flexibility index (Phi) is 4.63. The zero-order valence-corrected chi connectivity index (χ0v) is 10.6. The monoisotopic (exact) mass is 206 g/mol. The molecule has 0 aliphatic carbocycles. The van der Waals surface area contributed by atoms with Crippen LogP contribution in [0.4, 0.5) is 0 Å². The van der Waals surface area contributed by atoms with Gasteiger partial charge in [0.15, 0.2) is 9.76 Å². The second-order valence-electron chi connectivity index (χ2n) is 3.50. The van der Waals surface area contributed by atoms with Gasteiger partial charge >= 0.3 is 0 Å². The smallest absolute Gasteiger partial charge is 0.187 e. The lowest BCUT2D eigenvalue weighted by atomic mass is 10.1. The van der Waals surface area contributed by atoms with E-state index < -0.39 is 9.76 Å². The fourth-order valence-corrected chi connectivity index (χ4v) is 2.22. The van der Waals surface area contributed by atoms with Crippen molar-refractivity contribution in [3.63, 3.8) is 0 Å². The molecule has 0 N–H and O–H groups in total. The largest absolute Gasteiger partial charge is 0.422 e. The summed E-state index contributed by atoms with van der Waals surface area (Å²) in [5.74, 6) is 0. The second-order valence-corrected chi connectivity index (χ2v) is 5.27. The molecule has 1 aromatic carbocycles. The molecule has 0 radical (unpaired) electrons. The van der Waals surface area contributed by atoms with E-state index in [1.165, 1.54) is 16.3 Å². The van der Waals surface area contributed by atoms with Crippen molar-refractivity contribution in [2.45, 2.75) is 20.3 Å². The van der Waals surface area contributed by atoms with Crippen LogP contribution in [0.1, 0.15) is 24.5 Å². The predicted molar refractivity (Wildman–Crippen MR) is 65.0 cm³/mol. The van der Waals surface area contributed by atoms with E-state index in [9.17, 15) is 0 Å². The Morgan fingerprint density at radius 3 is 2.50 bits per heavy atom. The first-order chi connectivity index (χ1) is 6.76. The van der Waals surface area contributed by atoms with Gasteiger partial charge in [0.05, 0.1) is 0 Å². The SMILES string of the molecule is CCC(=Cc1ccc(C)cc1)[SiH2]OC. The maximum atomic E-state index is 5.26. The summed E-state index contributed by atoms with van der Waals surface area (Å²) in [6, 6.07) is 8.62. The van der Waals surface area contributed by atoms with Crippen LogP contribution >= 0.6 is 0 Å². The zero-order chi connectivity index (χ0) is 10.4. The number of allylic oxidation sites excluding steroid dienone is 1. The average Bonchev–Trinajstić information content (AvgIpc) is 2.20. The van der Waals surface area contributed by atoms with Crippen LogP contribution in [0.2, 0.25) is 0 Å². The highest BCUT2D eigenvalue weighted by Gasteiger charge is 1.95. The highest BCUT2D eigenvalue weighted by molar-refractivity contribution is 6.39. The fraction of sp³-hybridized carbons (Fsp3) is 0.333. The first kappa shape index (κ1) is 11.2. The zero-order valence-electron chi connectivity index (χ0n) is 9.21. The molecule has 1 nitrogen and oxygen atoms in total. The third kappa shape index (κ3) is 3.48. The Labute approximate surface area is 88.7 Å². The molecule has 0 unspecified atom stereocenters. The molecule has 76 valence electrons. The fourth-order valence-electron chi connectivity index (χ4n) is 1.33. The topological polar surface area (TPSA) is 9.23 Å². The van der Waals surface area contributed by atoms with E-state index in [0.29, 0.717) is 0 Å². The third-order valence-corrected chi connectivity index (χ3v) is 3.60. The summed E-state index contributed by atoms with van der Waals surface area (Å²) < 4.78 is 5.26. The molecule has 14 heavy (non-hydrogen) atoms. The Balaban J connectivity index is 2.78. The Morgan fingerprint density at radius 1 is 1.36 bits per heavy atom. The lowest BCUT2D eigenvalue weighted by Crippen LogP contribution is -1.97. The molecule has 0 saturated heterocycles. The van der Waals surface area contributed by atoms with Crippen LogP contribution in [0.15, 0.2) is 29.5 Å². The number of hydrogen-bond acceptors (Lipinski definition) is 1. The van der Waals surface area contributed by atoms with Gasteiger partial charge in [0.25, 0.3) is 0 Å². The van der Waals surface area contributed by atoms with Gasteiger partial charge in [0.2, 0.25) is 0 Å². The van der Waals surface area contributed by atoms with Gasteiger partial charge in [-0.05, 0) is 18.9 Å². The molecule has 0 amide bonds. The van der Waals surface area contributed by atoms with E-state index in [1.54, 1.807) is 7.11 Å². The van der Waals surface area contributed by atoms with E-state index in [0.717, 1.165) is 6.42 Å². The van der Waals surface area contributed by atoms with Crippen molar-refractivity contribution in [1.29, 1.82) is 0 Å². The molecule has 0 atom stereocenters. The average molecular weight is 206 g/mol. The maximum Gasteiger partial charge on any atom is 0.187 e. The summed E-state index contributed by atoms with van der Waals surface area (Å²) in [4.78, 5) is 0.